The highest BCUT2D eigenvalue weighted by Gasteiger charge is 2.28. The summed E-state index contributed by atoms with van der Waals surface area (Å²) in [6.45, 7) is 0. The van der Waals surface area contributed by atoms with E-state index < -0.39 is 4.67 Å². The van der Waals surface area contributed by atoms with Gasteiger partial charge in [0.25, 0.3) is 0 Å². The van der Waals surface area contributed by atoms with Crippen LogP contribution in [0.5, 0.6) is 0 Å². The molecular formula is Cl5P. The molecule has 0 rings (SSSR count). The van der Waals surface area contributed by atoms with Gasteiger partial charge in [-0.3, -0.25) is 0 Å². The molecule has 0 fully saturated rings. The van der Waals surface area contributed by atoms with Gasteiger partial charge in [-0.15, -0.1) is 0 Å². The molecule has 0 saturated heterocycles. The van der Waals surface area contributed by atoms with Crippen LogP contribution in [0.25, 0.3) is 0 Å². The Morgan fingerprint density at radius 3 is 0.833 bits per heavy atom. The molecular weight excluding hydrogens is 208 g/mol. The third-order valence-electron chi connectivity index (χ3n) is 0. The van der Waals surface area contributed by atoms with Gasteiger partial charge in [-0.2, -0.15) is 0 Å². The van der Waals surface area contributed by atoms with Crippen LogP contribution in [0.15, 0.2) is 0 Å². The molecule has 40 valence electrons. The minimum Gasteiger partial charge on any atom is -1.00 e. The second-order valence-electron chi connectivity index (χ2n) is 0.383. The molecule has 0 radical (unpaired) electrons. The van der Waals surface area contributed by atoms with Crippen molar-refractivity contribution in [3.05, 3.63) is 0 Å². The standard InChI is InChI=1S/Cl4P.ClH/c1-5(2,3)4;/h;1H/q+1;/p-1. The van der Waals surface area contributed by atoms with E-state index in [2.05, 4.69) is 0 Å². The zero-order chi connectivity index (χ0) is 4.50. The van der Waals surface area contributed by atoms with Crippen molar-refractivity contribution >= 4 is 49.6 Å². The number of halogens is 5. The molecule has 0 unspecified atom stereocenters. The molecule has 0 aromatic rings. The van der Waals surface area contributed by atoms with Crippen molar-refractivity contribution in [2.75, 3.05) is 0 Å². The molecule has 6 heavy (non-hydrogen) atoms. The fourth-order valence-corrected chi connectivity index (χ4v) is 0. The Morgan fingerprint density at radius 1 is 0.833 bits per heavy atom. The van der Waals surface area contributed by atoms with Crippen LogP contribution in [0.2, 0.25) is 0 Å². The Hall–Kier alpha value is 1.88. The van der Waals surface area contributed by atoms with Gasteiger partial charge in [0.1, 0.15) is 45.0 Å². The fraction of sp³-hybridized carbons (Fsp3) is 0. The zero-order valence-corrected chi connectivity index (χ0v) is 7.01. The van der Waals surface area contributed by atoms with E-state index in [1.165, 1.54) is 0 Å². The van der Waals surface area contributed by atoms with Gasteiger partial charge in [0.15, 0.2) is 0 Å². The molecule has 0 aliphatic rings. The molecule has 0 aromatic heterocycles. The normalized spacial score (nSPS) is 10.0. The summed E-state index contributed by atoms with van der Waals surface area (Å²) in [4.78, 5) is 0. The Labute approximate surface area is 62.0 Å². The zero-order valence-electron chi connectivity index (χ0n) is 2.34. The van der Waals surface area contributed by atoms with Crippen LogP contribution in [-0.4, -0.2) is 0 Å². The van der Waals surface area contributed by atoms with Gasteiger partial charge < -0.3 is 12.4 Å². The summed E-state index contributed by atoms with van der Waals surface area (Å²) in [5.74, 6) is 0. The largest absolute Gasteiger partial charge is 1.00 e. The molecule has 0 aliphatic heterocycles. The van der Waals surface area contributed by atoms with Gasteiger partial charge in [0.05, 0.1) is 0 Å². The van der Waals surface area contributed by atoms with Crippen molar-refractivity contribution in [1.82, 2.24) is 0 Å². The van der Waals surface area contributed by atoms with Crippen LogP contribution in [-0.2, 0) is 0 Å². The van der Waals surface area contributed by atoms with Crippen LogP contribution >= 0.6 is 49.6 Å². The SMILES string of the molecule is Cl[P+](Cl)(Cl)Cl.[Cl-]. The van der Waals surface area contributed by atoms with Crippen LogP contribution in [0, 0.1) is 0 Å². The number of hydrogen-bond acceptors (Lipinski definition) is 0. The Kier molecular flexibility index (Phi) is 6.89. The Bertz CT molecular complexity index is 19.4. The average molecular weight is 208 g/mol. The first-order valence-electron chi connectivity index (χ1n) is 0.676. The summed E-state index contributed by atoms with van der Waals surface area (Å²) in [5.41, 5.74) is 0. The molecule has 0 atom stereocenters. The molecule has 0 heterocycles. The maximum absolute atomic E-state index is 4.94. The molecule has 0 amide bonds. The lowest BCUT2D eigenvalue weighted by Gasteiger charge is -1.73. The third kappa shape index (κ3) is 39.6. The smallest absolute Gasteiger partial charge is 0.402 e. The topological polar surface area (TPSA) is 0 Å². The summed E-state index contributed by atoms with van der Waals surface area (Å²) in [7, 11) is 0. The summed E-state index contributed by atoms with van der Waals surface area (Å²) >= 11 is 19.8. The van der Waals surface area contributed by atoms with Gasteiger partial charge in [-0.1, -0.05) is 0 Å². The quantitative estimate of drug-likeness (QED) is 0.512. The highest BCUT2D eigenvalue weighted by Crippen LogP contribution is 2.78. The first-order chi connectivity index (χ1) is 2.00. The monoisotopic (exact) mass is 206 g/mol. The third-order valence-corrected chi connectivity index (χ3v) is 0. The predicted molar refractivity (Wildman–Crippen MR) is 30.3 cm³/mol. The molecule has 0 aliphatic carbocycles. The molecule has 0 bridgehead atoms. The molecule has 0 N–H and O–H groups in total. The van der Waals surface area contributed by atoms with Crippen molar-refractivity contribution in [3.63, 3.8) is 0 Å². The second-order valence-corrected chi connectivity index (χ2v) is 10.3. The van der Waals surface area contributed by atoms with Gasteiger partial charge in [0.2, 0.25) is 0 Å². The highest BCUT2D eigenvalue weighted by molar-refractivity contribution is 8.46. The van der Waals surface area contributed by atoms with E-state index in [4.69, 9.17) is 45.0 Å². The van der Waals surface area contributed by atoms with Crippen LogP contribution < -0.4 is 12.4 Å². The Balaban J connectivity index is 0. The summed E-state index contributed by atoms with van der Waals surface area (Å²) in [6, 6.07) is 0. The molecule has 0 spiro atoms. The first-order valence-corrected chi connectivity index (χ1v) is 6.09. The fourth-order valence-electron chi connectivity index (χ4n) is 0. The lowest BCUT2D eigenvalue weighted by Crippen LogP contribution is -3.00. The Morgan fingerprint density at radius 2 is 0.833 bits per heavy atom. The van der Waals surface area contributed by atoms with Crippen molar-refractivity contribution < 1.29 is 12.4 Å². The van der Waals surface area contributed by atoms with E-state index in [9.17, 15) is 0 Å². The van der Waals surface area contributed by atoms with Crippen LogP contribution in [0.4, 0.5) is 0 Å². The lowest BCUT2D eigenvalue weighted by molar-refractivity contribution is -0.000000699. The van der Waals surface area contributed by atoms with Crippen LogP contribution in [0.1, 0.15) is 0 Å². The van der Waals surface area contributed by atoms with E-state index in [0.717, 1.165) is 0 Å². The van der Waals surface area contributed by atoms with Crippen molar-refractivity contribution in [1.29, 1.82) is 0 Å². The van der Waals surface area contributed by atoms with Crippen LogP contribution in [0.3, 0.4) is 0 Å². The van der Waals surface area contributed by atoms with Crippen molar-refractivity contribution in [2.24, 2.45) is 0 Å². The average Bonchev–Trinajstić information content (AvgIpc) is 0.722. The molecule has 0 saturated carbocycles. The van der Waals surface area contributed by atoms with E-state index in [1.807, 2.05) is 0 Å². The summed E-state index contributed by atoms with van der Waals surface area (Å²) < 4.78 is -2.50. The van der Waals surface area contributed by atoms with Crippen molar-refractivity contribution in [3.8, 4) is 0 Å². The van der Waals surface area contributed by atoms with Gasteiger partial charge >= 0.3 is 4.67 Å². The number of rotatable bonds is 0. The maximum Gasteiger partial charge on any atom is 0.402 e. The minimum absolute atomic E-state index is 0. The molecule has 0 nitrogen and oxygen atoms in total. The summed E-state index contributed by atoms with van der Waals surface area (Å²) in [5, 5.41) is 0. The molecule has 6 heteroatoms. The number of hydrogen-bond donors (Lipinski definition) is 0. The lowest BCUT2D eigenvalue weighted by atomic mass is 30.2. The molecule has 0 aromatic carbocycles. The first kappa shape index (κ1) is 10.8. The van der Waals surface area contributed by atoms with E-state index >= 15 is 0 Å². The van der Waals surface area contributed by atoms with Gasteiger partial charge in [-0.05, 0) is 0 Å². The minimum atomic E-state index is -2.50. The second kappa shape index (κ2) is 3.83. The van der Waals surface area contributed by atoms with Crippen molar-refractivity contribution in [2.45, 2.75) is 0 Å². The van der Waals surface area contributed by atoms with E-state index in [1.54, 1.807) is 0 Å². The van der Waals surface area contributed by atoms with E-state index in [-0.39, 0.29) is 12.4 Å². The predicted octanol–water partition coefficient (Wildman–Crippen LogP) is 0.623. The van der Waals surface area contributed by atoms with E-state index in [0.29, 0.717) is 0 Å². The van der Waals surface area contributed by atoms with Gasteiger partial charge in [-0.25, -0.2) is 0 Å². The van der Waals surface area contributed by atoms with Gasteiger partial charge in [0, 0.05) is 0 Å². The maximum atomic E-state index is 4.94. The highest BCUT2D eigenvalue weighted by atomic mass is 36.2. The summed E-state index contributed by atoms with van der Waals surface area (Å²) in [6.07, 6.45) is 0.